The molecular weight excluding hydrogens is 271 g/mol. The highest BCUT2D eigenvalue weighted by Crippen LogP contribution is 2.36. The Balaban J connectivity index is 2.96. The highest BCUT2D eigenvalue weighted by molar-refractivity contribution is 6.30. The Morgan fingerprint density at radius 3 is 2.56 bits per heavy atom. The summed E-state index contributed by atoms with van der Waals surface area (Å²) in [5.74, 6) is -1.27. The standard InChI is InChI=1S/C11H9ClF3NO2/c1-6(10(17)18)5-16-9-3-2-7(12)4-8(9)11(13,14)15/h2-4,16H,1,5H2,(H,17,18). The number of anilines is 1. The summed E-state index contributed by atoms with van der Waals surface area (Å²) in [5.41, 5.74) is -1.43. The average Bonchev–Trinajstić information content (AvgIpc) is 2.25. The van der Waals surface area contributed by atoms with Crippen molar-refractivity contribution < 1.29 is 23.1 Å². The van der Waals surface area contributed by atoms with E-state index in [0.29, 0.717) is 0 Å². The molecule has 1 rings (SSSR count). The van der Waals surface area contributed by atoms with Crippen molar-refractivity contribution in [2.75, 3.05) is 11.9 Å². The van der Waals surface area contributed by atoms with Crippen LogP contribution in [0.3, 0.4) is 0 Å². The van der Waals surface area contributed by atoms with E-state index in [2.05, 4.69) is 11.9 Å². The molecule has 0 aliphatic heterocycles. The second-order valence-electron chi connectivity index (χ2n) is 3.45. The van der Waals surface area contributed by atoms with Crippen LogP contribution in [0, 0.1) is 0 Å². The molecule has 98 valence electrons. The van der Waals surface area contributed by atoms with Crippen molar-refractivity contribution in [3.8, 4) is 0 Å². The molecule has 0 bridgehead atoms. The molecule has 1 aromatic rings. The summed E-state index contributed by atoms with van der Waals surface area (Å²) < 4.78 is 38.0. The van der Waals surface area contributed by atoms with Gasteiger partial charge in [0.05, 0.1) is 5.56 Å². The molecule has 0 saturated heterocycles. The van der Waals surface area contributed by atoms with Gasteiger partial charge in [-0.2, -0.15) is 13.2 Å². The predicted molar refractivity (Wildman–Crippen MR) is 61.7 cm³/mol. The SMILES string of the molecule is C=C(CNc1ccc(Cl)cc1C(F)(F)F)C(=O)O. The van der Waals surface area contributed by atoms with Gasteiger partial charge in [-0.25, -0.2) is 4.79 Å². The van der Waals surface area contributed by atoms with Crippen molar-refractivity contribution in [1.82, 2.24) is 0 Å². The molecule has 0 amide bonds. The molecule has 18 heavy (non-hydrogen) atoms. The third-order valence-electron chi connectivity index (χ3n) is 2.08. The molecule has 2 N–H and O–H groups in total. The number of nitrogens with one attached hydrogen (secondary N) is 1. The van der Waals surface area contributed by atoms with Crippen LogP contribution in [0.1, 0.15) is 5.56 Å². The van der Waals surface area contributed by atoms with E-state index in [-0.39, 0.29) is 22.8 Å². The Kier molecular flexibility index (Phi) is 4.24. The van der Waals surface area contributed by atoms with E-state index in [1.807, 2.05) is 0 Å². The third-order valence-corrected chi connectivity index (χ3v) is 2.32. The lowest BCUT2D eigenvalue weighted by molar-refractivity contribution is -0.137. The number of halogens is 4. The van der Waals surface area contributed by atoms with Crippen LogP contribution in [0.25, 0.3) is 0 Å². The zero-order chi connectivity index (χ0) is 13.9. The van der Waals surface area contributed by atoms with Crippen molar-refractivity contribution in [3.63, 3.8) is 0 Å². The molecule has 0 aromatic heterocycles. The van der Waals surface area contributed by atoms with Gasteiger partial charge in [-0.15, -0.1) is 0 Å². The maximum Gasteiger partial charge on any atom is 0.418 e. The molecular formula is C11H9ClF3NO2. The van der Waals surface area contributed by atoms with Gasteiger partial charge < -0.3 is 10.4 Å². The Morgan fingerprint density at radius 2 is 2.06 bits per heavy atom. The molecule has 0 atom stereocenters. The molecule has 0 unspecified atom stereocenters. The zero-order valence-electron chi connectivity index (χ0n) is 9.01. The van der Waals surface area contributed by atoms with Crippen molar-refractivity contribution in [2.24, 2.45) is 0 Å². The van der Waals surface area contributed by atoms with Crippen LogP contribution in [0.5, 0.6) is 0 Å². The van der Waals surface area contributed by atoms with E-state index in [0.717, 1.165) is 12.1 Å². The molecule has 0 aliphatic carbocycles. The summed E-state index contributed by atoms with van der Waals surface area (Å²) in [4.78, 5) is 10.5. The number of alkyl halides is 3. The van der Waals surface area contributed by atoms with Gasteiger partial charge in [0.2, 0.25) is 0 Å². The van der Waals surface area contributed by atoms with Gasteiger partial charge in [-0.05, 0) is 18.2 Å². The van der Waals surface area contributed by atoms with Crippen molar-refractivity contribution in [1.29, 1.82) is 0 Å². The first kappa shape index (κ1) is 14.4. The Labute approximate surface area is 106 Å². The van der Waals surface area contributed by atoms with Gasteiger partial charge in [0.25, 0.3) is 0 Å². The molecule has 1 aromatic carbocycles. The summed E-state index contributed by atoms with van der Waals surface area (Å²) in [6.07, 6.45) is -4.57. The largest absolute Gasteiger partial charge is 0.478 e. The van der Waals surface area contributed by atoms with E-state index in [9.17, 15) is 18.0 Å². The molecule has 0 heterocycles. The molecule has 3 nitrogen and oxygen atoms in total. The first-order valence-corrected chi connectivity index (χ1v) is 5.11. The van der Waals surface area contributed by atoms with Crippen LogP contribution < -0.4 is 5.32 Å². The maximum absolute atomic E-state index is 12.7. The summed E-state index contributed by atoms with van der Waals surface area (Å²) in [6, 6.07) is 3.19. The van der Waals surface area contributed by atoms with Crippen LogP contribution >= 0.6 is 11.6 Å². The van der Waals surface area contributed by atoms with Crippen LogP contribution in [0.4, 0.5) is 18.9 Å². The van der Waals surface area contributed by atoms with Crippen LogP contribution in [0.15, 0.2) is 30.4 Å². The van der Waals surface area contributed by atoms with Gasteiger partial charge in [0.15, 0.2) is 0 Å². The number of benzene rings is 1. The minimum absolute atomic E-state index is 0.0510. The minimum atomic E-state index is -4.57. The second-order valence-corrected chi connectivity index (χ2v) is 3.89. The molecule has 0 aliphatic rings. The Bertz CT molecular complexity index is 486. The summed E-state index contributed by atoms with van der Waals surface area (Å²) in [7, 11) is 0. The van der Waals surface area contributed by atoms with E-state index in [4.69, 9.17) is 16.7 Å². The number of hydrogen-bond acceptors (Lipinski definition) is 2. The molecule has 0 spiro atoms. The predicted octanol–water partition coefficient (Wildman–Crippen LogP) is 3.41. The summed E-state index contributed by atoms with van der Waals surface area (Å²) in [5, 5.41) is 10.9. The van der Waals surface area contributed by atoms with E-state index in [1.165, 1.54) is 6.07 Å². The van der Waals surface area contributed by atoms with Gasteiger partial charge in [0, 0.05) is 22.8 Å². The first-order valence-electron chi connectivity index (χ1n) is 4.73. The lowest BCUT2D eigenvalue weighted by atomic mass is 10.1. The normalized spacial score (nSPS) is 11.1. The number of hydrogen-bond donors (Lipinski definition) is 2. The fourth-order valence-electron chi connectivity index (χ4n) is 1.18. The first-order chi connectivity index (χ1) is 8.21. The Morgan fingerprint density at radius 1 is 1.44 bits per heavy atom. The van der Waals surface area contributed by atoms with E-state index in [1.54, 1.807) is 0 Å². The fraction of sp³-hybridized carbons (Fsp3) is 0.182. The van der Waals surface area contributed by atoms with Crippen LogP contribution in [0.2, 0.25) is 5.02 Å². The highest BCUT2D eigenvalue weighted by Gasteiger charge is 2.33. The van der Waals surface area contributed by atoms with Crippen molar-refractivity contribution >= 4 is 23.3 Å². The van der Waals surface area contributed by atoms with Gasteiger partial charge >= 0.3 is 12.1 Å². The smallest absolute Gasteiger partial charge is 0.418 e. The fourth-order valence-corrected chi connectivity index (χ4v) is 1.35. The number of carboxylic acids is 1. The number of carbonyl (C=O) groups is 1. The highest BCUT2D eigenvalue weighted by atomic mass is 35.5. The van der Waals surface area contributed by atoms with E-state index >= 15 is 0 Å². The topological polar surface area (TPSA) is 49.3 Å². The van der Waals surface area contributed by atoms with Gasteiger partial charge in [-0.1, -0.05) is 18.2 Å². The summed E-state index contributed by atoms with van der Waals surface area (Å²) >= 11 is 5.50. The summed E-state index contributed by atoms with van der Waals surface area (Å²) in [6.45, 7) is 2.92. The van der Waals surface area contributed by atoms with Crippen LogP contribution in [-0.4, -0.2) is 17.6 Å². The lowest BCUT2D eigenvalue weighted by Gasteiger charge is -2.14. The molecule has 0 saturated carbocycles. The third kappa shape index (κ3) is 3.66. The maximum atomic E-state index is 12.7. The monoisotopic (exact) mass is 279 g/mol. The molecule has 0 radical (unpaired) electrons. The number of aliphatic carboxylic acids is 1. The zero-order valence-corrected chi connectivity index (χ0v) is 9.77. The number of carboxylic acid groups (broad SMARTS) is 1. The molecule has 7 heteroatoms. The van der Waals surface area contributed by atoms with Gasteiger partial charge in [0.1, 0.15) is 0 Å². The quantitative estimate of drug-likeness (QED) is 0.831. The second kappa shape index (κ2) is 5.30. The van der Waals surface area contributed by atoms with Gasteiger partial charge in [-0.3, -0.25) is 0 Å². The van der Waals surface area contributed by atoms with Crippen LogP contribution in [-0.2, 0) is 11.0 Å². The lowest BCUT2D eigenvalue weighted by Crippen LogP contribution is -2.15. The molecule has 0 fully saturated rings. The minimum Gasteiger partial charge on any atom is -0.478 e. The average molecular weight is 280 g/mol. The number of rotatable bonds is 4. The Hall–Kier alpha value is -1.69. The van der Waals surface area contributed by atoms with Crippen molar-refractivity contribution in [2.45, 2.75) is 6.18 Å². The van der Waals surface area contributed by atoms with E-state index < -0.39 is 17.7 Å². The van der Waals surface area contributed by atoms with Crippen molar-refractivity contribution in [3.05, 3.63) is 40.9 Å².